The van der Waals surface area contributed by atoms with Gasteiger partial charge in [-0.3, -0.25) is 4.79 Å². The number of aliphatic hydroxyl groups is 1. The van der Waals surface area contributed by atoms with Gasteiger partial charge in [-0.25, -0.2) is 4.39 Å². The Labute approximate surface area is 276 Å². The minimum atomic E-state index is -1.43. The zero-order valence-electron chi connectivity index (χ0n) is 27.3. The molecule has 1 saturated carbocycles. The third-order valence-electron chi connectivity index (χ3n) is 12.2. The molecule has 248 valence electrons. The van der Waals surface area contributed by atoms with Crippen molar-refractivity contribution in [1.82, 2.24) is 9.80 Å². The molecule has 3 saturated heterocycles. The number of hydrogen-bond donors (Lipinski definition) is 1. The van der Waals surface area contributed by atoms with E-state index in [1.165, 1.54) is 0 Å². The van der Waals surface area contributed by atoms with Gasteiger partial charge in [0.2, 0.25) is 0 Å². The van der Waals surface area contributed by atoms with Crippen molar-refractivity contribution in [3.05, 3.63) is 102 Å². The minimum Gasteiger partial charge on any atom is -0.497 e. The van der Waals surface area contributed by atoms with Gasteiger partial charge in [-0.2, -0.15) is 0 Å². The number of halogens is 1. The predicted octanol–water partition coefficient (Wildman–Crippen LogP) is 5.41. The van der Waals surface area contributed by atoms with Crippen LogP contribution in [0.2, 0.25) is 0 Å². The quantitative estimate of drug-likeness (QED) is 0.306. The lowest BCUT2D eigenvalue weighted by molar-refractivity contribution is -0.145. The summed E-state index contributed by atoms with van der Waals surface area (Å²) in [4.78, 5) is 18.8. The fourth-order valence-corrected chi connectivity index (χ4v) is 9.82. The summed E-state index contributed by atoms with van der Waals surface area (Å²) in [5.74, 6) is 1.79. The fraction of sp³-hybridized carbons (Fsp3) is 0.513. The molecular formula is C39H45FN2O5. The van der Waals surface area contributed by atoms with E-state index in [0.29, 0.717) is 67.9 Å². The highest BCUT2D eigenvalue weighted by Crippen LogP contribution is 2.67. The number of carbonyl (C=O) groups excluding carboxylic acids is 1. The van der Waals surface area contributed by atoms with Crippen LogP contribution in [0.25, 0.3) is 0 Å². The predicted molar refractivity (Wildman–Crippen MR) is 176 cm³/mol. The van der Waals surface area contributed by atoms with Crippen molar-refractivity contribution >= 4 is 5.97 Å². The first-order valence-electron chi connectivity index (χ1n) is 17.3. The van der Waals surface area contributed by atoms with Gasteiger partial charge in [0.05, 0.1) is 13.0 Å². The lowest BCUT2D eigenvalue weighted by atomic mass is 9.48. The van der Waals surface area contributed by atoms with Crippen molar-refractivity contribution < 1.29 is 28.5 Å². The maximum absolute atomic E-state index is 16.2. The number of ether oxygens (including phenoxy) is 3. The molecule has 7 nitrogen and oxygen atoms in total. The first kappa shape index (κ1) is 30.8. The van der Waals surface area contributed by atoms with Crippen LogP contribution in [0.1, 0.15) is 36.8 Å². The second-order valence-electron chi connectivity index (χ2n) is 14.6. The van der Waals surface area contributed by atoms with Gasteiger partial charge in [0.1, 0.15) is 29.4 Å². The summed E-state index contributed by atoms with van der Waals surface area (Å²) in [6, 6.07) is 17.7. The summed E-state index contributed by atoms with van der Waals surface area (Å²) < 4.78 is 34.5. The number of nitrogens with zero attached hydrogens (tertiary/aromatic N) is 2. The summed E-state index contributed by atoms with van der Waals surface area (Å²) in [6.07, 6.45) is 10.4. The number of alkyl halides is 1. The highest BCUT2D eigenvalue weighted by atomic mass is 19.1. The van der Waals surface area contributed by atoms with Gasteiger partial charge < -0.3 is 29.1 Å². The molecule has 2 aromatic rings. The monoisotopic (exact) mass is 640 g/mol. The first-order valence-corrected chi connectivity index (χ1v) is 17.3. The molecule has 0 amide bonds. The summed E-state index contributed by atoms with van der Waals surface area (Å²) in [6.45, 7) is 2.52. The molecule has 0 aromatic heterocycles. The van der Waals surface area contributed by atoms with E-state index in [1.807, 2.05) is 60.7 Å². The Morgan fingerprint density at radius 1 is 1.06 bits per heavy atom. The normalized spacial score (nSPS) is 34.4. The summed E-state index contributed by atoms with van der Waals surface area (Å²) in [5, 5.41) is 11.2. The number of benzene rings is 2. The van der Waals surface area contributed by atoms with Crippen molar-refractivity contribution in [2.75, 3.05) is 40.3 Å². The van der Waals surface area contributed by atoms with Crippen molar-refractivity contribution in [2.24, 2.45) is 29.1 Å². The Kier molecular flexibility index (Phi) is 7.81. The van der Waals surface area contributed by atoms with Crippen molar-refractivity contribution in [1.29, 1.82) is 0 Å². The first-order chi connectivity index (χ1) is 22.8. The van der Waals surface area contributed by atoms with Crippen molar-refractivity contribution in [2.45, 2.75) is 56.0 Å². The maximum Gasteiger partial charge on any atom is 0.316 e. The SMILES string of the molecule is COc1cccc(C2(F)CCN(CC(Cc3ccccc3)C(=O)OC3=C4OC5[C@@H](O)C=C[C@H]6[C@H]7CC(C=C3)C4[C@@]56CCN7C)CC2)c1. The van der Waals surface area contributed by atoms with Gasteiger partial charge in [0, 0.05) is 42.9 Å². The molecule has 1 spiro atoms. The summed E-state index contributed by atoms with van der Waals surface area (Å²) >= 11 is 0. The number of carbonyl (C=O) groups is 1. The lowest BCUT2D eigenvalue weighted by Crippen LogP contribution is -2.65. The number of allylic oxidation sites excluding steroid dienone is 3. The number of rotatable bonds is 8. The fourth-order valence-electron chi connectivity index (χ4n) is 9.82. The van der Waals surface area contributed by atoms with Crippen LogP contribution in [0.15, 0.2) is 90.4 Å². The standard InChI is InChI=1S/C39H45FN2O5/c1-41-18-17-39-30-12-13-32(43)36(39)47-35-33(14-11-26(34(35)39)22-31(30)41)46-37(44)27(21-25-7-4-3-5-8-25)24-42-19-15-38(40,16-20-42)28-9-6-10-29(23-28)45-2/h3-14,23,26-27,30-32,34,36,43H,15-22,24H2,1-2H3/t26?,27?,30-,31+,32-,34?,36?,39-/m0/s1. The average molecular weight is 641 g/mol. The van der Waals surface area contributed by atoms with Gasteiger partial charge in [0.25, 0.3) is 0 Å². The summed E-state index contributed by atoms with van der Waals surface area (Å²) in [7, 11) is 3.80. The van der Waals surface area contributed by atoms with Gasteiger partial charge in [-0.15, -0.1) is 0 Å². The van der Waals surface area contributed by atoms with Crippen LogP contribution >= 0.6 is 0 Å². The van der Waals surface area contributed by atoms with Crippen LogP contribution < -0.4 is 4.74 Å². The van der Waals surface area contributed by atoms with E-state index >= 15 is 4.39 Å². The molecule has 8 heteroatoms. The largest absolute Gasteiger partial charge is 0.497 e. The molecule has 0 radical (unpaired) electrons. The second-order valence-corrected chi connectivity index (χ2v) is 14.6. The number of hydrogen-bond acceptors (Lipinski definition) is 7. The molecule has 1 N–H and O–H groups in total. The number of piperidine rings is 2. The molecule has 8 atom stereocenters. The van der Waals surface area contributed by atoms with Crippen LogP contribution in [-0.4, -0.2) is 79.5 Å². The van der Waals surface area contributed by atoms with Crippen LogP contribution in [0.3, 0.4) is 0 Å². The minimum absolute atomic E-state index is 0.0822. The van der Waals surface area contributed by atoms with E-state index in [2.05, 4.69) is 29.0 Å². The molecule has 2 bridgehead atoms. The lowest BCUT2D eigenvalue weighted by Gasteiger charge is -2.60. The van der Waals surface area contributed by atoms with Gasteiger partial charge in [-0.1, -0.05) is 60.7 Å². The van der Waals surface area contributed by atoms with E-state index < -0.39 is 17.7 Å². The van der Waals surface area contributed by atoms with E-state index in [9.17, 15) is 9.90 Å². The third kappa shape index (κ3) is 5.15. The molecule has 8 rings (SSSR count). The third-order valence-corrected chi connectivity index (χ3v) is 12.2. The number of esters is 1. The number of methoxy groups -OCH3 is 1. The summed E-state index contributed by atoms with van der Waals surface area (Å²) in [5.41, 5.74) is 0.0651. The Morgan fingerprint density at radius 3 is 2.66 bits per heavy atom. The molecule has 3 aliphatic carbocycles. The van der Waals surface area contributed by atoms with Gasteiger partial charge in [-0.05, 0) is 81.0 Å². The van der Waals surface area contributed by atoms with E-state index in [1.54, 1.807) is 13.2 Å². The van der Waals surface area contributed by atoms with E-state index in [4.69, 9.17) is 14.2 Å². The Bertz CT molecular complexity index is 1600. The van der Waals surface area contributed by atoms with Crippen LogP contribution in [0, 0.1) is 29.1 Å². The maximum atomic E-state index is 16.2. The van der Waals surface area contributed by atoms with Crippen LogP contribution in [-0.2, 0) is 26.4 Å². The topological polar surface area (TPSA) is 71.5 Å². The molecule has 47 heavy (non-hydrogen) atoms. The molecular weight excluding hydrogens is 595 g/mol. The molecule has 4 fully saturated rings. The zero-order valence-corrected chi connectivity index (χ0v) is 27.3. The second kappa shape index (κ2) is 11.9. The Balaban J connectivity index is 1.03. The molecule has 6 aliphatic rings. The zero-order chi connectivity index (χ0) is 32.3. The molecule has 2 aromatic carbocycles. The highest BCUT2D eigenvalue weighted by Gasteiger charge is 2.69. The van der Waals surface area contributed by atoms with Crippen LogP contribution in [0.4, 0.5) is 4.39 Å². The van der Waals surface area contributed by atoms with Crippen molar-refractivity contribution in [3.63, 3.8) is 0 Å². The van der Waals surface area contributed by atoms with E-state index in [0.717, 1.165) is 30.7 Å². The van der Waals surface area contributed by atoms with Gasteiger partial charge >= 0.3 is 5.97 Å². The van der Waals surface area contributed by atoms with E-state index in [-0.39, 0.29) is 29.3 Å². The van der Waals surface area contributed by atoms with Crippen molar-refractivity contribution in [3.8, 4) is 5.75 Å². The number of likely N-dealkylation sites (tertiary alicyclic amines) is 2. The Morgan fingerprint density at radius 2 is 1.87 bits per heavy atom. The molecule has 4 unspecified atom stereocenters. The average Bonchev–Trinajstić information content (AvgIpc) is 3.45. The smallest absolute Gasteiger partial charge is 0.316 e. The Hall–Kier alpha value is -3.46. The van der Waals surface area contributed by atoms with Gasteiger partial charge in [0.15, 0.2) is 5.76 Å². The molecule has 3 aliphatic heterocycles. The van der Waals surface area contributed by atoms with Crippen LogP contribution in [0.5, 0.6) is 5.75 Å². The molecule has 3 heterocycles. The number of aliphatic hydroxyl groups excluding tert-OH is 1. The highest BCUT2D eigenvalue weighted by molar-refractivity contribution is 5.75.